The number of aromatic carboxylic acids is 1. The summed E-state index contributed by atoms with van der Waals surface area (Å²) in [5.74, 6) is -0.673. The van der Waals surface area contributed by atoms with Crippen molar-refractivity contribution in [1.29, 1.82) is 0 Å². The summed E-state index contributed by atoms with van der Waals surface area (Å²) < 4.78 is 5.69. The maximum absolute atomic E-state index is 10.7. The van der Waals surface area contributed by atoms with E-state index in [4.69, 9.17) is 21.4 Å². The topological polar surface area (TPSA) is 46.5 Å². The number of hydrogen-bond donors (Lipinski definition) is 1. The molecule has 0 fully saturated rings. The summed E-state index contributed by atoms with van der Waals surface area (Å²) in [5, 5.41) is 8.90. The van der Waals surface area contributed by atoms with Gasteiger partial charge in [-0.3, -0.25) is 0 Å². The fraction of sp³-hybridized carbons (Fsp3) is 0.125. The number of benzene rings is 1. The van der Waals surface area contributed by atoms with Crippen molar-refractivity contribution >= 4 is 40.2 Å². The Morgan fingerprint density at radius 3 is 2.69 bits per heavy atom. The lowest BCUT2D eigenvalue weighted by atomic mass is 10.2. The van der Waals surface area contributed by atoms with Gasteiger partial charge in [0.1, 0.15) is 5.75 Å². The summed E-state index contributed by atoms with van der Waals surface area (Å²) in [6.07, 6.45) is 0. The van der Waals surface area contributed by atoms with E-state index in [1.165, 1.54) is 13.2 Å². The van der Waals surface area contributed by atoms with E-state index in [0.29, 0.717) is 5.75 Å². The molecule has 0 heterocycles. The highest BCUT2D eigenvalue weighted by molar-refractivity contribution is 14.1. The van der Waals surface area contributed by atoms with Gasteiger partial charge in [-0.25, -0.2) is 4.79 Å². The number of carbonyl (C=O) groups is 1. The summed E-state index contributed by atoms with van der Waals surface area (Å²) >= 11 is 7.77. The second-order valence-electron chi connectivity index (χ2n) is 2.27. The van der Waals surface area contributed by atoms with Crippen molar-refractivity contribution in [2.75, 3.05) is 7.11 Å². The molecule has 13 heavy (non-hydrogen) atoms. The predicted octanol–water partition coefficient (Wildman–Crippen LogP) is 2.65. The zero-order valence-electron chi connectivity index (χ0n) is 6.67. The van der Waals surface area contributed by atoms with Crippen LogP contribution in [0.5, 0.6) is 5.75 Å². The molecule has 0 saturated carbocycles. The Morgan fingerprint density at radius 1 is 1.62 bits per heavy atom. The number of carboxylic acid groups (broad SMARTS) is 1. The molecule has 0 aliphatic heterocycles. The Hall–Kier alpha value is -0.490. The second-order valence-corrected chi connectivity index (χ2v) is 3.90. The highest BCUT2D eigenvalue weighted by Crippen LogP contribution is 2.30. The van der Waals surface area contributed by atoms with Crippen LogP contribution in [-0.2, 0) is 0 Å². The number of methoxy groups -OCH3 is 1. The lowest BCUT2D eigenvalue weighted by Crippen LogP contribution is -1.99. The van der Waals surface area contributed by atoms with Crippen molar-refractivity contribution in [3.63, 3.8) is 0 Å². The molecule has 0 unspecified atom stereocenters. The zero-order valence-corrected chi connectivity index (χ0v) is 9.59. The number of hydrogen-bond acceptors (Lipinski definition) is 2. The molecule has 0 atom stereocenters. The zero-order chi connectivity index (χ0) is 10.0. The van der Waals surface area contributed by atoms with E-state index in [0.717, 1.165) is 3.57 Å². The minimum Gasteiger partial charge on any atom is -0.495 e. The van der Waals surface area contributed by atoms with Crippen LogP contribution in [0.1, 0.15) is 10.4 Å². The monoisotopic (exact) mass is 312 g/mol. The quantitative estimate of drug-likeness (QED) is 0.854. The molecule has 1 rings (SSSR count). The van der Waals surface area contributed by atoms with Gasteiger partial charge in [-0.05, 0) is 34.7 Å². The highest BCUT2D eigenvalue weighted by atomic mass is 127. The summed E-state index contributed by atoms with van der Waals surface area (Å²) in [7, 11) is 1.45. The van der Waals surface area contributed by atoms with E-state index in [1.54, 1.807) is 6.07 Å². The largest absolute Gasteiger partial charge is 0.495 e. The normalized spacial score (nSPS) is 9.77. The first kappa shape index (κ1) is 10.6. The third-order valence-electron chi connectivity index (χ3n) is 1.45. The van der Waals surface area contributed by atoms with Gasteiger partial charge in [0.15, 0.2) is 0 Å². The number of rotatable bonds is 2. The molecule has 0 radical (unpaired) electrons. The van der Waals surface area contributed by atoms with E-state index in [-0.39, 0.29) is 10.6 Å². The molecule has 0 aliphatic rings. The fourth-order valence-electron chi connectivity index (χ4n) is 0.868. The first-order valence-corrected chi connectivity index (χ1v) is 4.78. The van der Waals surface area contributed by atoms with Crippen molar-refractivity contribution in [2.24, 2.45) is 0 Å². The summed E-state index contributed by atoms with van der Waals surface area (Å²) in [4.78, 5) is 10.7. The molecule has 1 aromatic rings. The molecule has 0 saturated heterocycles. The average molecular weight is 312 g/mol. The van der Waals surface area contributed by atoms with Crippen LogP contribution in [0.3, 0.4) is 0 Å². The minimum absolute atomic E-state index is 0.0606. The molecule has 70 valence electrons. The van der Waals surface area contributed by atoms with Crippen LogP contribution in [-0.4, -0.2) is 18.2 Å². The van der Waals surface area contributed by atoms with Crippen molar-refractivity contribution in [1.82, 2.24) is 0 Å². The van der Waals surface area contributed by atoms with Crippen molar-refractivity contribution in [3.8, 4) is 5.75 Å². The van der Waals surface area contributed by atoms with Gasteiger partial charge in [-0.2, -0.15) is 0 Å². The molecule has 0 spiro atoms. The molecule has 0 amide bonds. The Kier molecular flexibility index (Phi) is 3.38. The minimum atomic E-state index is -1.05. The van der Waals surface area contributed by atoms with Gasteiger partial charge in [0.2, 0.25) is 0 Å². The Bertz CT molecular complexity index is 351. The molecule has 1 N–H and O–H groups in total. The van der Waals surface area contributed by atoms with Gasteiger partial charge in [-0.1, -0.05) is 11.6 Å². The maximum Gasteiger partial charge on any atom is 0.337 e. The summed E-state index contributed by atoms with van der Waals surface area (Å²) in [5.41, 5.74) is 0.0606. The van der Waals surface area contributed by atoms with Crippen LogP contribution in [0.4, 0.5) is 0 Å². The van der Waals surface area contributed by atoms with Gasteiger partial charge in [0.05, 0.1) is 17.7 Å². The van der Waals surface area contributed by atoms with Crippen LogP contribution < -0.4 is 4.74 Å². The molecule has 3 nitrogen and oxygen atoms in total. The Balaban J connectivity index is 3.35. The lowest BCUT2D eigenvalue weighted by molar-refractivity contribution is 0.0696. The first-order valence-electron chi connectivity index (χ1n) is 3.32. The molecular weight excluding hydrogens is 306 g/mol. The fourth-order valence-corrected chi connectivity index (χ4v) is 1.73. The number of halogens is 2. The van der Waals surface area contributed by atoms with Gasteiger partial charge < -0.3 is 9.84 Å². The third-order valence-corrected chi connectivity index (χ3v) is 2.47. The summed E-state index contributed by atoms with van der Waals surface area (Å²) in [6, 6.07) is 3.17. The van der Waals surface area contributed by atoms with Crippen molar-refractivity contribution < 1.29 is 14.6 Å². The van der Waals surface area contributed by atoms with Crippen LogP contribution in [0, 0.1) is 3.57 Å². The smallest absolute Gasteiger partial charge is 0.337 e. The standard InChI is InChI=1S/C8H6ClIO3/c1-13-6-3-4(10)2-5(7(6)9)8(11)12/h2-3H,1H3,(H,11,12). The second kappa shape index (κ2) is 4.15. The van der Waals surface area contributed by atoms with E-state index >= 15 is 0 Å². The molecule has 0 bridgehead atoms. The molecular formula is C8H6ClIO3. The van der Waals surface area contributed by atoms with Gasteiger partial charge >= 0.3 is 5.97 Å². The lowest BCUT2D eigenvalue weighted by Gasteiger charge is -2.06. The Morgan fingerprint density at radius 2 is 2.23 bits per heavy atom. The Labute approximate surface area is 93.8 Å². The third kappa shape index (κ3) is 2.25. The number of ether oxygens (including phenoxy) is 1. The van der Waals surface area contributed by atoms with Crippen molar-refractivity contribution in [2.45, 2.75) is 0 Å². The SMILES string of the molecule is COc1cc(I)cc(C(=O)O)c1Cl. The van der Waals surface area contributed by atoms with E-state index < -0.39 is 5.97 Å². The van der Waals surface area contributed by atoms with Crippen LogP contribution in [0.2, 0.25) is 5.02 Å². The van der Waals surface area contributed by atoms with Gasteiger partial charge in [0, 0.05) is 3.57 Å². The van der Waals surface area contributed by atoms with Crippen molar-refractivity contribution in [3.05, 3.63) is 26.3 Å². The number of carboxylic acids is 1. The molecule has 5 heteroatoms. The van der Waals surface area contributed by atoms with Crippen LogP contribution in [0.25, 0.3) is 0 Å². The van der Waals surface area contributed by atoms with E-state index in [1.807, 2.05) is 22.6 Å². The van der Waals surface area contributed by atoms with Gasteiger partial charge in [0.25, 0.3) is 0 Å². The van der Waals surface area contributed by atoms with Crippen LogP contribution in [0.15, 0.2) is 12.1 Å². The first-order chi connectivity index (χ1) is 6.06. The molecule has 0 aromatic heterocycles. The van der Waals surface area contributed by atoms with Gasteiger partial charge in [-0.15, -0.1) is 0 Å². The molecule has 1 aromatic carbocycles. The molecule has 0 aliphatic carbocycles. The summed E-state index contributed by atoms with van der Waals surface area (Å²) in [6.45, 7) is 0. The maximum atomic E-state index is 10.7. The highest BCUT2D eigenvalue weighted by Gasteiger charge is 2.14. The van der Waals surface area contributed by atoms with E-state index in [2.05, 4.69) is 0 Å². The average Bonchev–Trinajstić information content (AvgIpc) is 2.08. The predicted molar refractivity (Wildman–Crippen MR) is 57.7 cm³/mol. The van der Waals surface area contributed by atoms with E-state index in [9.17, 15) is 4.79 Å². The van der Waals surface area contributed by atoms with Crippen LogP contribution >= 0.6 is 34.2 Å².